The number of halogens is 3. The van der Waals surface area contributed by atoms with E-state index in [1.165, 1.54) is 12.2 Å². The normalized spacial score (nSPS) is 24.5. The highest BCUT2D eigenvalue weighted by atomic mass is 19.4. The summed E-state index contributed by atoms with van der Waals surface area (Å²) < 4.78 is 42.1. The van der Waals surface area contributed by atoms with E-state index in [0.29, 0.717) is 42.9 Å². The summed E-state index contributed by atoms with van der Waals surface area (Å²) in [6.07, 6.45) is 2.11. The lowest BCUT2D eigenvalue weighted by atomic mass is 9.69. The van der Waals surface area contributed by atoms with Crippen LogP contribution < -0.4 is 5.32 Å². The summed E-state index contributed by atoms with van der Waals surface area (Å²) in [6, 6.07) is 6.96. The Hall–Kier alpha value is -3.47. The van der Waals surface area contributed by atoms with E-state index in [0.717, 1.165) is 18.4 Å². The van der Waals surface area contributed by atoms with Crippen molar-refractivity contribution in [3.63, 3.8) is 0 Å². The van der Waals surface area contributed by atoms with Crippen molar-refractivity contribution in [1.82, 2.24) is 10.2 Å². The molecule has 2 aliphatic carbocycles. The first-order valence-corrected chi connectivity index (χ1v) is 14.3. The summed E-state index contributed by atoms with van der Waals surface area (Å²) in [4.78, 5) is 43.5. The zero-order valence-corrected chi connectivity index (χ0v) is 24.2. The maximum atomic E-state index is 13.8. The Morgan fingerprint density at radius 3 is 2.36 bits per heavy atom. The number of nitrogens with zero attached hydrogens (tertiary/aromatic N) is 2. The third-order valence-electron chi connectivity index (χ3n) is 8.36. The minimum absolute atomic E-state index is 0.00697. The second-order valence-corrected chi connectivity index (χ2v) is 12.2. The summed E-state index contributed by atoms with van der Waals surface area (Å²) in [5.41, 5.74) is 1.55. The molecule has 3 aliphatic rings. The van der Waals surface area contributed by atoms with Crippen molar-refractivity contribution in [3.8, 4) is 0 Å². The monoisotopic (exact) mass is 589 g/mol. The number of benzene rings is 1. The molecule has 1 fully saturated rings. The fraction of sp³-hybridized carbons (Fsp3) is 0.548. The van der Waals surface area contributed by atoms with Crippen molar-refractivity contribution in [3.05, 3.63) is 59.2 Å². The number of rotatable bonds is 9. The van der Waals surface area contributed by atoms with Crippen LogP contribution >= 0.6 is 0 Å². The van der Waals surface area contributed by atoms with Gasteiger partial charge in [0.1, 0.15) is 11.4 Å². The van der Waals surface area contributed by atoms with Crippen LogP contribution in [-0.2, 0) is 20.7 Å². The molecule has 1 aliphatic heterocycles. The van der Waals surface area contributed by atoms with E-state index >= 15 is 0 Å². The molecule has 2 N–H and O–H groups in total. The molecule has 11 heteroatoms. The smallest absolute Gasteiger partial charge is 0.481 e. The van der Waals surface area contributed by atoms with Gasteiger partial charge in [-0.2, -0.15) is 0 Å². The zero-order valence-electron chi connectivity index (χ0n) is 24.2. The molecule has 1 unspecified atom stereocenters. The maximum absolute atomic E-state index is 13.8. The van der Waals surface area contributed by atoms with Gasteiger partial charge in [-0.1, -0.05) is 51.1 Å². The summed E-state index contributed by atoms with van der Waals surface area (Å²) in [6.45, 7) is 7.08. The lowest BCUT2D eigenvalue weighted by Crippen LogP contribution is -2.50. The lowest BCUT2D eigenvalue weighted by Gasteiger charge is -2.45. The highest BCUT2D eigenvalue weighted by Crippen LogP contribution is 2.46. The van der Waals surface area contributed by atoms with Gasteiger partial charge in [0.15, 0.2) is 0 Å². The van der Waals surface area contributed by atoms with E-state index in [1.54, 1.807) is 18.2 Å². The van der Waals surface area contributed by atoms with Gasteiger partial charge in [0.25, 0.3) is 11.8 Å². The molecule has 1 aromatic carbocycles. The number of alkyl halides is 3. The molecule has 0 saturated heterocycles. The predicted octanol–water partition coefficient (Wildman–Crippen LogP) is 5.44. The molecule has 228 valence electrons. The number of hydrogen-bond donors (Lipinski definition) is 2. The Kier molecular flexibility index (Phi) is 9.30. The van der Waals surface area contributed by atoms with Crippen molar-refractivity contribution in [2.75, 3.05) is 13.1 Å². The van der Waals surface area contributed by atoms with Gasteiger partial charge in [0.2, 0.25) is 0 Å². The Labute approximate surface area is 243 Å². The van der Waals surface area contributed by atoms with Crippen LogP contribution in [0.25, 0.3) is 0 Å². The summed E-state index contributed by atoms with van der Waals surface area (Å²) in [7, 11) is 0. The standard InChI is InChI=1S/C31H38F3N3O5/c1-29(2,3)23-12-16-30(17-13-23)36-26(21-8-10-24(11-9-21)42-31(32,33)34)28(41)37(30)19-15-20-4-6-22(7-5-20)27(40)35-18-14-25(38)39/h4-10,23-24H,11-19H2,1-3H3,(H,35,40)(H,38,39). The van der Waals surface area contributed by atoms with E-state index in [2.05, 4.69) is 30.8 Å². The highest BCUT2D eigenvalue weighted by Gasteiger charge is 2.50. The molecule has 1 spiro atoms. The van der Waals surface area contributed by atoms with E-state index in [-0.39, 0.29) is 42.3 Å². The topological polar surface area (TPSA) is 108 Å². The van der Waals surface area contributed by atoms with Crippen LogP contribution in [0.4, 0.5) is 13.2 Å². The van der Waals surface area contributed by atoms with Crippen molar-refractivity contribution in [1.29, 1.82) is 0 Å². The average Bonchev–Trinajstić information content (AvgIpc) is 3.17. The van der Waals surface area contributed by atoms with Crippen LogP contribution in [0, 0.1) is 11.3 Å². The second-order valence-electron chi connectivity index (χ2n) is 12.2. The molecule has 4 rings (SSSR count). The zero-order chi connectivity index (χ0) is 30.7. The van der Waals surface area contributed by atoms with Gasteiger partial charge in [-0.05, 0) is 67.6 Å². The van der Waals surface area contributed by atoms with Gasteiger partial charge < -0.3 is 15.3 Å². The number of aliphatic carboxylic acids is 1. The number of amides is 2. The van der Waals surface area contributed by atoms with Gasteiger partial charge >= 0.3 is 12.3 Å². The van der Waals surface area contributed by atoms with Crippen molar-refractivity contribution in [2.45, 2.75) is 83.8 Å². The van der Waals surface area contributed by atoms with Crippen LogP contribution in [-0.4, -0.2) is 64.7 Å². The number of aliphatic imine (C=N–C) groups is 1. The maximum Gasteiger partial charge on any atom is 0.523 e. The number of ether oxygens (including phenoxy) is 1. The number of carboxylic acids is 1. The van der Waals surface area contributed by atoms with Gasteiger partial charge in [0.05, 0.1) is 12.5 Å². The van der Waals surface area contributed by atoms with Gasteiger partial charge in [-0.25, -0.2) is 0 Å². The first-order chi connectivity index (χ1) is 19.7. The predicted molar refractivity (Wildman–Crippen MR) is 151 cm³/mol. The number of carboxylic acid groups (broad SMARTS) is 1. The molecule has 0 bridgehead atoms. The minimum Gasteiger partial charge on any atom is -0.481 e. The molecule has 2 amide bonds. The molecule has 1 saturated carbocycles. The fourth-order valence-corrected chi connectivity index (χ4v) is 5.94. The van der Waals surface area contributed by atoms with Crippen LogP contribution in [0.3, 0.4) is 0 Å². The Balaban J connectivity index is 1.47. The first kappa shape index (κ1) is 31.5. The Morgan fingerprint density at radius 2 is 1.81 bits per heavy atom. The summed E-state index contributed by atoms with van der Waals surface area (Å²) in [5, 5.41) is 11.3. The molecule has 1 heterocycles. The molecular formula is C31H38F3N3O5. The van der Waals surface area contributed by atoms with Crippen molar-refractivity contribution >= 4 is 23.5 Å². The molecule has 0 aromatic heterocycles. The Morgan fingerprint density at radius 1 is 1.14 bits per heavy atom. The molecule has 0 radical (unpaired) electrons. The molecule has 42 heavy (non-hydrogen) atoms. The van der Waals surface area contributed by atoms with Gasteiger partial charge in [0, 0.05) is 24.2 Å². The summed E-state index contributed by atoms with van der Waals surface area (Å²) in [5.74, 6) is -1.09. The van der Waals surface area contributed by atoms with Crippen LogP contribution in [0.1, 0.15) is 75.2 Å². The highest BCUT2D eigenvalue weighted by molar-refractivity contribution is 6.47. The van der Waals surface area contributed by atoms with Gasteiger partial charge in [-0.3, -0.25) is 24.1 Å². The van der Waals surface area contributed by atoms with Crippen LogP contribution in [0.2, 0.25) is 0 Å². The number of nitrogens with one attached hydrogen (secondary N) is 1. The lowest BCUT2D eigenvalue weighted by molar-refractivity contribution is -0.336. The number of hydrogen-bond acceptors (Lipinski definition) is 5. The largest absolute Gasteiger partial charge is 0.523 e. The molecule has 8 nitrogen and oxygen atoms in total. The second kappa shape index (κ2) is 12.4. The third kappa shape index (κ3) is 7.67. The SMILES string of the molecule is CC(C)(C)C1CCC2(CC1)N=C(C1=CCC(OC(F)(F)F)C=C1)C(=O)N2CCc1ccc(C(=O)NCCC(=O)O)cc1. The number of carbonyl (C=O) groups is 3. The van der Waals surface area contributed by atoms with E-state index in [1.807, 2.05) is 17.0 Å². The summed E-state index contributed by atoms with van der Waals surface area (Å²) >= 11 is 0. The van der Waals surface area contributed by atoms with Crippen LogP contribution in [0.5, 0.6) is 0 Å². The third-order valence-corrected chi connectivity index (χ3v) is 8.36. The van der Waals surface area contributed by atoms with E-state index in [9.17, 15) is 27.6 Å². The van der Waals surface area contributed by atoms with E-state index in [4.69, 9.17) is 10.1 Å². The number of allylic oxidation sites excluding steroid dienone is 1. The fourth-order valence-electron chi connectivity index (χ4n) is 5.94. The van der Waals surface area contributed by atoms with Gasteiger partial charge in [-0.15, -0.1) is 13.2 Å². The van der Waals surface area contributed by atoms with Crippen molar-refractivity contribution < 1.29 is 37.4 Å². The van der Waals surface area contributed by atoms with Crippen molar-refractivity contribution in [2.24, 2.45) is 16.3 Å². The number of carbonyl (C=O) groups excluding carboxylic acids is 2. The molecule has 1 atom stereocenters. The van der Waals surface area contributed by atoms with Crippen LogP contribution in [0.15, 0.2) is 53.1 Å². The molecular weight excluding hydrogens is 551 g/mol. The van der Waals surface area contributed by atoms with E-state index < -0.39 is 24.1 Å². The first-order valence-electron chi connectivity index (χ1n) is 14.3. The quantitative estimate of drug-likeness (QED) is 0.399. The molecule has 1 aromatic rings. The Bertz CT molecular complexity index is 1270. The average molecular weight is 590 g/mol. The minimum atomic E-state index is -4.74.